The number of nitrogens with one attached hydrogen (secondary N) is 1. The number of halogens is 1. The molecule has 0 amide bonds. The Bertz CT molecular complexity index is 864. The lowest BCUT2D eigenvalue weighted by Gasteiger charge is -2.39. The Hall–Kier alpha value is -0.710. The molecule has 0 saturated carbocycles. The van der Waals surface area contributed by atoms with Crippen LogP contribution < -0.4 is 4.72 Å². The van der Waals surface area contributed by atoms with E-state index in [1.165, 1.54) is 12.1 Å². The van der Waals surface area contributed by atoms with Crippen LogP contribution in [0, 0.1) is 5.92 Å². The molecule has 154 valence electrons. The molecule has 1 aromatic rings. The predicted octanol–water partition coefficient (Wildman–Crippen LogP) is 1.29. The second kappa shape index (κ2) is 8.75. The second-order valence-electron chi connectivity index (χ2n) is 7.37. The third kappa shape index (κ3) is 5.88. The Morgan fingerprint density at radius 2 is 1.70 bits per heavy atom. The van der Waals surface area contributed by atoms with Crippen molar-refractivity contribution >= 4 is 31.5 Å². The van der Waals surface area contributed by atoms with Crippen LogP contribution in [0.2, 0.25) is 5.02 Å². The minimum atomic E-state index is -3.85. The number of nitrogens with zero attached hydrogens (tertiary/aromatic N) is 2. The quantitative estimate of drug-likeness (QED) is 0.691. The van der Waals surface area contributed by atoms with Gasteiger partial charge in [0, 0.05) is 45.0 Å². The van der Waals surface area contributed by atoms with Crippen LogP contribution in [0.3, 0.4) is 0 Å². The van der Waals surface area contributed by atoms with E-state index in [9.17, 15) is 16.8 Å². The summed E-state index contributed by atoms with van der Waals surface area (Å²) < 4.78 is 51.7. The van der Waals surface area contributed by atoms with Gasteiger partial charge in [-0.15, -0.1) is 0 Å². The standard InChI is InChI=1S/C17H28ClN3O4S2/c1-13(2)16(21-9-7-20(3)8-10-21)12-19-27(24,25)14-5-6-15(18)17(11-14)26(4,22)23/h5-6,11,13,16,19H,7-10,12H2,1-4H3. The van der Waals surface area contributed by atoms with Crippen molar-refractivity contribution in [2.75, 3.05) is 46.0 Å². The highest BCUT2D eigenvalue weighted by Gasteiger charge is 2.27. The summed E-state index contributed by atoms with van der Waals surface area (Å²) in [4.78, 5) is 4.26. The molecule has 0 aromatic heterocycles. The Morgan fingerprint density at radius 1 is 1.11 bits per heavy atom. The van der Waals surface area contributed by atoms with E-state index in [2.05, 4.69) is 35.4 Å². The smallest absolute Gasteiger partial charge is 0.240 e. The minimum absolute atomic E-state index is 0.00828. The van der Waals surface area contributed by atoms with E-state index in [0.717, 1.165) is 38.5 Å². The molecule has 1 aliphatic heterocycles. The Labute approximate surface area is 167 Å². The Balaban J connectivity index is 2.17. The number of hydrogen-bond acceptors (Lipinski definition) is 6. The zero-order chi connectivity index (χ0) is 20.4. The summed E-state index contributed by atoms with van der Waals surface area (Å²) in [6, 6.07) is 3.79. The highest BCUT2D eigenvalue weighted by atomic mass is 35.5. The topological polar surface area (TPSA) is 86.8 Å². The van der Waals surface area contributed by atoms with E-state index in [1.807, 2.05) is 0 Å². The molecule has 1 aromatic carbocycles. The van der Waals surface area contributed by atoms with Gasteiger partial charge in [-0.05, 0) is 31.2 Å². The van der Waals surface area contributed by atoms with E-state index in [0.29, 0.717) is 0 Å². The molecule has 1 aliphatic rings. The number of benzene rings is 1. The van der Waals surface area contributed by atoms with Crippen molar-refractivity contribution in [2.45, 2.75) is 29.7 Å². The molecule has 1 unspecified atom stereocenters. The molecule has 7 nitrogen and oxygen atoms in total. The maximum Gasteiger partial charge on any atom is 0.240 e. The summed E-state index contributed by atoms with van der Waals surface area (Å²) in [6.07, 6.45) is 1.00. The highest BCUT2D eigenvalue weighted by Crippen LogP contribution is 2.25. The van der Waals surface area contributed by atoms with Crippen LogP contribution in [0.1, 0.15) is 13.8 Å². The fourth-order valence-electron chi connectivity index (χ4n) is 3.15. The number of sulfone groups is 1. The Kier molecular flexibility index (Phi) is 7.32. The highest BCUT2D eigenvalue weighted by molar-refractivity contribution is 7.91. The van der Waals surface area contributed by atoms with E-state index in [1.54, 1.807) is 0 Å². The number of hydrogen-bond donors (Lipinski definition) is 1. The molecule has 10 heteroatoms. The first-order valence-electron chi connectivity index (χ1n) is 8.83. The van der Waals surface area contributed by atoms with Crippen LogP contribution in [0.5, 0.6) is 0 Å². The summed E-state index contributed by atoms with van der Waals surface area (Å²) in [5, 5.41) is 0.00828. The van der Waals surface area contributed by atoms with Gasteiger partial charge in [0.25, 0.3) is 0 Å². The molecule has 0 spiro atoms. The second-order valence-corrected chi connectivity index (χ2v) is 11.5. The van der Waals surface area contributed by atoms with Gasteiger partial charge in [-0.25, -0.2) is 21.6 Å². The molecular weight excluding hydrogens is 410 g/mol. The number of piperazine rings is 1. The number of sulfonamides is 1. The van der Waals surface area contributed by atoms with Gasteiger partial charge in [0.2, 0.25) is 10.0 Å². The van der Waals surface area contributed by atoms with Gasteiger partial charge in [0.15, 0.2) is 9.84 Å². The van der Waals surface area contributed by atoms with Crippen molar-refractivity contribution in [3.05, 3.63) is 23.2 Å². The monoisotopic (exact) mass is 437 g/mol. The molecule has 1 heterocycles. The lowest BCUT2D eigenvalue weighted by Crippen LogP contribution is -2.54. The molecule has 0 bridgehead atoms. The SMILES string of the molecule is CC(C)C(CNS(=O)(=O)c1ccc(Cl)c(S(C)(=O)=O)c1)N1CCN(C)CC1. The molecule has 1 saturated heterocycles. The molecule has 0 aliphatic carbocycles. The van der Waals surface area contributed by atoms with Crippen LogP contribution in [-0.2, 0) is 19.9 Å². The normalized spacial score (nSPS) is 18.7. The van der Waals surface area contributed by atoms with Crippen molar-refractivity contribution in [1.29, 1.82) is 0 Å². The van der Waals surface area contributed by atoms with Crippen molar-refractivity contribution < 1.29 is 16.8 Å². The zero-order valence-corrected chi connectivity index (χ0v) is 18.5. The van der Waals surface area contributed by atoms with Crippen molar-refractivity contribution in [2.24, 2.45) is 5.92 Å². The van der Waals surface area contributed by atoms with Crippen LogP contribution in [-0.4, -0.2) is 78.7 Å². The van der Waals surface area contributed by atoms with Crippen LogP contribution >= 0.6 is 11.6 Å². The molecule has 0 radical (unpaired) electrons. The summed E-state index contributed by atoms with van der Waals surface area (Å²) in [5.74, 6) is 0.271. The first kappa shape index (κ1) is 22.6. The van der Waals surface area contributed by atoms with Gasteiger partial charge in [0.05, 0.1) is 14.8 Å². The third-order valence-electron chi connectivity index (χ3n) is 4.87. The summed E-state index contributed by atoms with van der Waals surface area (Å²) in [6.45, 7) is 8.08. The number of rotatable bonds is 7. The van der Waals surface area contributed by atoms with Crippen LogP contribution in [0.4, 0.5) is 0 Å². The maximum atomic E-state index is 12.7. The summed E-state index contributed by atoms with van der Waals surface area (Å²) >= 11 is 5.91. The van der Waals surface area contributed by atoms with Gasteiger partial charge in [0.1, 0.15) is 0 Å². The largest absolute Gasteiger partial charge is 0.304 e. The molecular formula is C17H28ClN3O4S2. The molecule has 27 heavy (non-hydrogen) atoms. The fourth-order valence-corrected chi connectivity index (χ4v) is 5.61. The molecule has 2 rings (SSSR count). The van der Waals surface area contributed by atoms with Crippen molar-refractivity contribution in [1.82, 2.24) is 14.5 Å². The van der Waals surface area contributed by atoms with Crippen molar-refractivity contribution in [3.63, 3.8) is 0 Å². The molecule has 1 atom stereocenters. The van der Waals surface area contributed by atoms with Crippen LogP contribution in [0.25, 0.3) is 0 Å². The Morgan fingerprint density at radius 3 is 2.22 bits per heavy atom. The molecule has 1 N–H and O–H groups in total. The van der Waals surface area contributed by atoms with Gasteiger partial charge in [-0.3, -0.25) is 4.90 Å². The van der Waals surface area contributed by atoms with Gasteiger partial charge >= 0.3 is 0 Å². The third-order valence-corrected chi connectivity index (χ3v) is 7.87. The van der Waals surface area contributed by atoms with E-state index >= 15 is 0 Å². The lowest BCUT2D eigenvalue weighted by atomic mass is 10.0. The number of likely N-dealkylation sites (N-methyl/N-ethyl adjacent to an activating group) is 1. The van der Waals surface area contributed by atoms with Crippen molar-refractivity contribution in [3.8, 4) is 0 Å². The average molecular weight is 438 g/mol. The van der Waals surface area contributed by atoms with Gasteiger partial charge in [-0.1, -0.05) is 25.4 Å². The fraction of sp³-hybridized carbons (Fsp3) is 0.647. The van der Waals surface area contributed by atoms with Gasteiger partial charge in [-0.2, -0.15) is 0 Å². The average Bonchev–Trinajstić information content (AvgIpc) is 2.55. The van der Waals surface area contributed by atoms with E-state index in [-0.39, 0.29) is 33.3 Å². The summed E-state index contributed by atoms with van der Waals surface area (Å²) in [7, 11) is -5.39. The first-order chi connectivity index (χ1) is 12.4. The van der Waals surface area contributed by atoms with E-state index in [4.69, 9.17) is 11.6 Å². The van der Waals surface area contributed by atoms with Crippen LogP contribution in [0.15, 0.2) is 28.0 Å². The maximum absolute atomic E-state index is 12.7. The predicted molar refractivity (Wildman–Crippen MR) is 107 cm³/mol. The zero-order valence-electron chi connectivity index (χ0n) is 16.1. The first-order valence-corrected chi connectivity index (χ1v) is 12.6. The summed E-state index contributed by atoms with van der Waals surface area (Å²) in [5.41, 5.74) is 0. The van der Waals surface area contributed by atoms with E-state index < -0.39 is 19.9 Å². The lowest BCUT2D eigenvalue weighted by molar-refractivity contribution is 0.0905. The van der Waals surface area contributed by atoms with Gasteiger partial charge < -0.3 is 4.90 Å². The minimum Gasteiger partial charge on any atom is -0.304 e. The molecule has 1 fully saturated rings.